The van der Waals surface area contributed by atoms with Gasteiger partial charge in [-0.3, -0.25) is 0 Å². The fourth-order valence-corrected chi connectivity index (χ4v) is 1.16. The summed E-state index contributed by atoms with van der Waals surface area (Å²) in [7, 11) is 0. The number of carboxylic acid groups (broad SMARTS) is 1. The highest BCUT2D eigenvalue weighted by Crippen LogP contribution is 2.13. The monoisotopic (exact) mass is 160 g/mol. The van der Waals surface area contributed by atoms with E-state index in [2.05, 4.69) is 0 Å². The van der Waals surface area contributed by atoms with E-state index in [0.29, 0.717) is 13.0 Å². The van der Waals surface area contributed by atoms with Gasteiger partial charge < -0.3 is 14.9 Å². The molecule has 1 heterocycles. The molecule has 0 radical (unpaired) electrons. The SMILES string of the molecule is O=C(O)[C@@H]1OCCCC[C@@H]1O. The highest BCUT2D eigenvalue weighted by Gasteiger charge is 2.28. The topological polar surface area (TPSA) is 66.8 Å². The van der Waals surface area contributed by atoms with E-state index in [-0.39, 0.29) is 0 Å². The predicted octanol–water partition coefficient (Wildman–Crippen LogP) is 0.001000. The normalized spacial score (nSPS) is 32.8. The second-order valence-electron chi connectivity index (χ2n) is 2.69. The molecular weight excluding hydrogens is 148 g/mol. The molecule has 0 spiro atoms. The predicted molar refractivity (Wildman–Crippen MR) is 37.2 cm³/mol. The molecule has 1 fully saturated rings. The number of aliphatic carboxylic acids is 1. The van der Waals surface area contributed by atoms with Crippen molar-refractivity contribution in [1.29, 1.82) is 0 Å². The van der Waals surface area contributed by atoms with Gasteiger partial charge in [0, 0.05) is 6.61 Å². The number of hydrogen-bond donors (Lipinski definition) is 2. The van der Waals surface area contributed by atoms with Crippen molar-refractivity contribution in [3.8, 4) is 0 Å². The molecule has 0 amide bonds. The maximum atomic E-state index is 10.4. The largest absolute Gasteiger partial charge is 0.479 e. The number of aliphatic hydroxyl groups excluding tert-OH is 1. The molecule has 0 bridgehead atoms. The van der Waals surface area contributed by atoms with Gasteiger partial charge in [0.05, 0.1) is 6.10 Å². The van der Waals surface area contributed by atoms with Crippen molar-refractivity contribution in [3.63, 3.8) is 0 Å². The lowest BCUT2D eigenvalue weighted by Gasteiger charge is -2.14. The van der Waals surface area contributed by atoms with Crippen LogP contribution >= 0.6 is 0 Å². The second-order valence-corrected chi connectivity index (χ2v) is 2.69. The molecule has 4 heteroatoms. The van der Waals surface area contributed by atoms with Crippen LogP contribution < -0.4 is 0 Å². The van der Waals surface area contributed by atoms with Crippen molar-refractivity contribution in [2.45, 2.75) is 31.5 Å². The van der Waals surface area contributed by atoms with E-state index in [1.807, 2.05) is 0 Å². The van der Waals surface area contributed by atoms with Crippen molar-refractivity contribution in [1.82, 2.24) is 0 Å². The summed E-state index contributed by atoms with van der Waals surface area (Å²) in [6.07, 6.45) is 0.343. The summed E-state index contributed by atoms with van der Waals surface area (Å²) in [5, 5.41) is 17.8. The van der Waals surface area contributed by atoms with E-state index in [4.69, 9.17) is 9.84 Å². The van der Waals surface area contributed by atoms with Gasteiger partial charge in [0.1, 0.15) is 0 Å². The van der Waals surface area contributed by atoms with Gasteiger partial charge >= 0.3 is 5.97 Å². The molecule has 0 aromatic heterocycles. The van der Waals surface area contributed by atoms with E-state index in [9.17, 15) is 9.90 Å². The van der Waals surface area contributed by atoms with E-state index in [1.165, 1.54) is 0 Å². The van der Waals surface area contributed by atoms with Gasteiger partial charge in [-0.05, 0) is 19.3 Å². The van der Waals surface area contributed by atoms with Crippen LogP contribution in [0, 0.1) is 0 Å². The summed E-state index contributed by atoms with van der Waals surface area (Å²) in [6.45, 7) is 0.439. The minimum absolute atomic E-state index is 0.439. The molecule has 4 nitrogen and oxygen atoms in total. The molecule has 1 saturated heterocycles. The van der Waals surface area contributed by atoms with Crippen molar-refractivity contribution < 1.29 is 19.7 Å². The Balaban J connectivity index is 2.52. The molecule has 1 aliphatic rings. The number of rotatable bonds is 1. The summed E-state index contributed by atoms with van der Waals surface area (Å²) in [5.41, 5.74) is 0. The third-order valence-corrected chi connectivity index (χ3v) is 1.78. The molecule has 0 aromatic carbocycles. The van der Waals surface area contributed by atoms with Crippen LogP contribution in [0.3, 0.4) is 0 Å². The van der Waals surface area contributed by atoms with E-state index >= 15 is 0 Å². The van der Waals surface area contributed by atoms with Crippen LogP contribution in [-0.2, 0) is 9.53 Å². The van der Waals surface area contributed by atoms with Crippen LogP contribution in [0.1, 0.15) is 19.3 Å². The van der Waals surface area contributed by atoms with Crippen molar-refractivity contribution in [3.05, 3.63) is 0 Å². The zero-order valence-electron chi connectivity index (χ0n) is 6.19. The summed E-state index contributed by atoms with van der Waals surface area (Å²) < 4.78 is 4.93. The Hall–Kier alpha value is -0.610. The first-order valence-electron chi connectivity index (χ1n) is 3.74. The maximum absolute atomic E-state index is 10.4. The zero-order chi connectivity index (χ0) is 8.27. The summed E-state index contributed by atoms with van der Waals surface area (Å²) in [6, 6.07) is 0. The Morgan fingerprint density at radius 3 is 2.82 bits per heavy atom. The van der Waals surface area contributed by atoms with E-state index in [0.717, 1.165) is 12.8 Å². The lowest BCUT2D eigenvalue weighted by molar-refractivity contribution is -0.157. The molecule has 64 valence electrons. The fraction of sp³-hybridized carbons (Fsp3) is 0.857. The van der Waals surface area contributed by atoms with E-state index < -0.39 is 18.2 Å². The van der Waals surface area contributed by atoms with E-state index in [1.54, 1.807) is 0 Å². The molecule has 0 aliphatic carbocycles. The standard InChI is InChI=1S/C7H12O4/c8-5-3-1-2-4-11-6(5)7(9)10/h5-6,8H,1-4H2,(H,9,10)/t5-,6+/m0/s1. The van der Waals surface area contributed by atoms with Crippen molar-refractivity contribution in [2.75, 3.05) is 6.61 Å². The van der Waals surface area contributed by atoms with Crippen LogP contribution in [0.25, 0.3) is 0 Å². The molecule has 2 N–H and O–H groups in total. The Kier molecular flexibility index (Phi) is 2.84. The highest BCUT2D eigenvalue weighted by molar-refractivity contribution is 5.73. The molecule has 0 unspecified atom stereocenters. The second kappa shape index (κ2) is 3.69. The lowest BCUT2D eigenvalue weighted by atomic mass is 10.1. The first kappa shape index (κ1) is 8.49. The van der Waals surface area contributed by atoms with Crippen LogP contribution in [0.15, 0.2) is 0 Å². The quantitative estimate of drug-likeness (QED) is 0.566. The minimum atomic E-state index is -1.07. The minimum Gasteiger partial charge on any atom is -0.479 e. The third kappa shape index (κ3) is 2.17. The number of carboxylic acids is 1. The zero-order valence-corrected chi connectivity index (χ0v) is 6.19. The van der Waals surface area contributed by atoms with Gasteiger partial charge in [0.15, 0.2) is 6.10 Å². The van der Waals surface area contributed by atoms with Gasteiger partial charge in [-0.2, -0.15) is 0 Å². The molecule has 0 aromatic rings. The van der Waals surface area contributed by atoms with Gasteiger partial charge in [0.2, 0.25) is 0 Å². The summed E-state index contributed by atoms with van der Waals surface area (Å²) in [5.74, 6) is -1.07. The van der Waals surface area contributed by atoms with Crippen LogP contribution in [0.2, 0.25) is 0 Å². The number of ether oxygens (including phenoxy) is 1. The molecule has 1 aliphatic heterocycles. The first-order chi connectivity index (χ1) is 5.22. The van der Waals surface area contributed by atoms with Crippen LogP contribution in [0.4, 0.5) is 0 Å². The highest BCUT2D eigenvalue weighted by atomic mass is 16.5. The molecule has 0 saturated carbocycles. The first-order valence-corrected chi connectivity index (χ1v) is 3.74. The van der Waals surface area contributed by atoms with Gasteiger partial charge in [-0.25, -0.2) is 4.79 Å². The average molecular weight is 160 g/mol. The van der Waals surface area contributed by atoms with Gasteiger partial charge in [-0.1, -0.05) is 0 Å². The van der Waals surface area contributed by atoms with Crippen molar-refractivity contribution in [2.24, 2.45) is 0 Å². The summed E-state index contributed by atoms with van der Waals surface area (Å²) >= 11 is 0. The Morgan fingerprint density at radius 2 is 2.18 bits per heavy atom. The average Bonchev–Trinajstić information content (AvgIpc) is 2.13. The molecular formula is C7H12O4. The Morgan fingerprint density at radius 1 is 1.45 bits per heavy atom. The van der Waals surface area contributed by atoms with Crippen molar-refractivity contribution >= 4 is 5.97 Å². The smallest absolute Gasteiger partial charge is 0.335 e. The number of hydrogen-bond acceptors (Lipinski definition) is 3. The van der Waals surface area contributed by atoms with Crippen LogP contribution in [0.5, 0.6) is 0 Å². The third-order valence-electron chi connectivity index (χ3n) is 1.78. The number of aliphatic hydroxyl groups is 1. The molecule has 2 atom stereocenters. The number of carbonyl (C=O) groups is 1. The van der Waals surface area contributed by atoms with Gasteiger partial charge in [0.25, 0.3) is 0 Å². The Bertz CT molecular complexity index is 145. The molecule has 11 heavy (non-hydrogen) atoms. The molecule has 1 rings (SSSR count). The van der Waals surface area contributed by atoms with Gasteiger partial charge in [-0.15, -0.1) is 0 Å². The lowest BCUT2D eigenvalue weighted by Crippen LogP contribution is -2.35. The maximum Gasteiger partial charge on any atom is 0.335 e. The Labute approximate surface area is 64.8 Å². The van der Waals surface area contributed by atoms with Crippen LogP contribution in [-0.4, -0.2) is 35.0 Å². The fourth-order valence-electron chi connectivity index (χ4n) is 1.16. The summed E-state index contributed by atoms with van der Waals surface area (Å²) in [4.78, 5) is 10.4.